The van der Waals surface area contributed by atoms with Crippen LogP contribution in [-0.4, -0.2) is 43.7 Å². The van der Waals surface area contributed by atoms with Crippen molar-refractivity contribution in [2.45, 2.75) is 57.5 Å². The molecule has 1 saturated heterocycles. The Bertz CT molecular complexity index is 1200. The third-order valence-corrected chi connectivity index (χ3v) is 8.54. The average molecular weight is 486 g/mol. The Morgan fingerprint density at radius 1 is 1.15 bits per heavy atom. The lowest BCUT2D eigenvalue weighted by atomic mass is 9.97. The second-order valence-corrected chi connectivity index (χ2v) is 11.2. The third kappa shape index (κ3) is 4.81. The van der Waals surface area contributed by atoms with E-state index in [9.17, 15) is 18.0 Å². The summed E-state index contributed by atoms with van der Waals surface area (Å²) in [6.07, 6.45) is 0.201. The number of fused-ring (bicyclic) bond motifs is 1. The van der Waals surface area contributed by atoms with Crippen LogP contribution in [0.25, 0.3) is 0 Å². The molecule has 2 heterocycles. The first-order valence-electron chi connectivity index (χ1n) is 11.6. The maximum atomic E-state index is 13.4. The molecule has 0 saturated carbocycles. The number of amides is 2. The zero-order chi connectivity index (χ0) is 24.6. The Balaban J connectivity index is 1.42. The molecule has 0 radical (unpaired) electrons. The van der Waals surface area contributed by atoms with Crippen molar-refractivity contribution in [1.82, 2.24) is 4.31 Å². The van der Waals surface area contributed by atoms with Crippen molar-refractivity contribution in [3.63, 3.8) is 0 Å². The van der Waals surface area contributed by atoms with Gasteiger partial charge in [-0.3, -0.25) is 9.59 Å². The monoisotopic (exact) mass is 485 g/mol. The van der Waals surface area contributed by atoms with Crippen LogP contribution in [0.5, 0.6) is 5.75 Å². The molecule has 4 rings (SSSR count). The van der Waals surface area contributed by atoms with Crippen LogP contribution in [0, 0.1) is 12.8 Å². The van der Waals surface area contributed by atoms with Gasteiger partial charge in [-0.25, -0.2) is 8.42 Å². The standard InChI is InChI=1S/C25H31N3O5S/c1-15(2)18-5-7-20(8-6-18)26-25(30)19-9-11-28(12-10-19)34(31,32)23-14-22-21(13-16(23)3)27-24(29)17(4)33-22/h5-8,13-15,17,19H,9-12H2,1-4H3,(H,26,30)(H,27,29). The van der Waals surface area contributed by atoms with Crippen LogP contribution in [-0.2, 0) is 19.6 Å². The minimum atomic E-state index is -3.77. The molecule has 0 spiro atoms. The summed E-state index contributed by atoms with van der Waals surface area (Å²) in [7, 11) is -3.77. The lowest BCUT2D eigenvalue weighted by molar-refractivity contribution is -0.123. The smallest absolute Gasteiger partial charge is 0.265 e. The first kappa shape index (κ1) is 24.2. The number of carbonyl (C=O) groups is 2. The number of rotatable bonds is 5. The van der Waals surface area contributed by atoms with E-state index >= 15 is 0 Å². The summed E-state index contributed by atoms with van der Waals surface area (Å²) in [5.74, 6) is 0.161. The number of aryl methyl sites for hydroxylation is 1. The zero-order valence-corrected chi connectivity index (χ0v) is 20.7. The van der Waals surface area contributed by atoms with Crippen LogP contribution in [0.15, 0.2) is 41.3 Å². The SMILES string of the molecule is Cc1cc2c(cc1S(=O)(=O)N1CCC(C(=O)Nc3ccc(C(C)C)cc3)CC1)OC(C)C(=O)N2. The summed E-state index contributed by atoms with van der Waals surface area (Å²) in [5.41, 5.74) is 2.95. The van der Waals surface area contributed by atoms with Crippen molar-refractivity contribution >= 4 is 33.2 Å². The van der Waals surface area contributed by atoms with E-state index < -0.39 is 16.1 Å². The van der Waals surface area contributed by atoms with Gasteiger partial charge in [-0.05, 0) is 61.9 Å². The van der Waals surface area contributed by atoms with E-state index in [1.807, 2.05) is 24.3 Å². The first-order chi connectivity index (χ1) is 16.1. The molecule has 1 fully saturated rings. The van der Waals surface area contributed by atoms with Crippen LogP contribution in [0.3, 0.4) is 0 Å². The number of nitrogens with zero attached hydrogens (tertiary/aromatic N) is 1. The van der Waals surface area contributed by atoms with E-state index in [1.165, 1.54) is 15.9 Å². The van der Waals surface area contributed by atoms with Gasteiger partial charge in [0.25, 0.3) is 5.91 Å². The number of sulfonamides is 1. The molecule has 2 aliphatic rings. The molecular weight excluding hydrogens is 454 g/mol. The number of carbonyl (C=O) groups excluding carboxylic acids is 2. The molecule has 34 heavy (non-hydrogen) atoms. The van der Waals surface area contributed by atoms with Crippen LogP contribution >= 0.6 is 0 Å². The van der Waals surface area contributed by atoms with E-state index in [2.05, 4.69) is 24.5 Å². The van der Waals surface area contributed by atoms with Gasteiger partial charge < -0.3 is 15.4 Å². The van der Waals surface area contributed by atoms with Gasteiger partial charge in [0.15, 0.2) is 6.10 Å². The summed E-state index contributed by atoms with van der Waals surface area (Å²) >= 11 is 0. The van der Waals surface area contributed by atoms with E-state index in [0.717, 1.165) is 5.69 Å². The van der Waals surface area contributed by atoms with Gasteiger partial charge in [0.2, 0.25) is 15.9 Å². The van der Waals surface area contributed by atoms with Gasteiger partial charge in [0.1, 0.15) is 5.75 Å². The zero-order valence-electron chi connectivity index (χ0n) is 19.9. The summed E-state index contributed by atoms with van der Waals surface area (Å²) in [5, 5.41) is 5.69. The van der Waals surface area contributed by atoms with Gasteiger partial charge in [-0.1, -0.05) is 26.0 Å². The Hall–Kier alpha value is -2.91. The number of ether oxygens (including phenoxy) is 1. The largest absolute Gasteiger partial charge is 0.479 e. The number of anilines is 2. The minimum absolute atomic E-state index is 0.0857. The fourth-order valence-corrected chi connectivity index (χ4v) is 6.01. The summed E-state index contributed by atoms with van der Waals surface area (Å²) in [4.78, 5) is 24.8. The highest BCUT2D eigenvalue weighted by Crippen LogP contribution is 2.36. The number of nitrogens with one attached hydrogen (secondary N) is 2. The van der Waals surface area contributed by atoms with Crippen molar-refractivity contribution < 1.29 is 22.7 Å². The van der Waals surface area contributed by atoms with E-state index in [4.69, 9.17) is 4.74 Å². The van der Waals surface area contributed by atoms with E-state index in [-0.39, 0.29) is 35.7 Å². The fourth-order valence-electron chi connectivity index (χ4n) is 4.31. The molecular formula is C25H31N3O5S. The molecule has 2 amide bonds. The summed E-state index contributed by atoms with van der Waals surface area (Å²) in [6.45, 7) is 8.07. The first-order valence-corrected chi connectivity index (χ1v) is 13.0. The van der Waals surface area contributed by atoms with Crippen LogP contribution in [0.4, 0.5) is 11.4 Å². The average Bonchev–Trinajstić information content (AvgIpc) is 2.80. The predicted molar refractivity (Wildman–Crippen MR) is 131 cm³/mol. The third-order valence-electron chi connectivity index (χ3n) is 6.50. The number of piperidine rings is 1. The molecule has 2 aliphatic heterocycles. The lowest BCUT2D eigenvalue weighted by Gasteiger charge is -2.31. The molecule has 182 valence electrons. The maximum absolute atomic E-state index is 13.4. The maximum Gasteiger partial charge on any atom is 0.265 e. The highest BCUT2D eigenvalue weighted by Gasteiger charge is 2.34. The van der Waals surface area contributed by atoms with Gasteiger partial charge in [-0.2, -0.15) is 4.31 Å². The predicted octanol–water partition coefficient (Wildman–Crippen LogP) is 3.88. The van der Waals surface area contributed by atoms with Crippen molar-refractivity contribution in [2.24, 2.45) is 5.92 Å². The van der Waals surface area contributed by atoms with Gasteiger partial charge in [-0.15, -0.1) is 0 Å². The Labute approximate surface area is 200 Å². The van der Waals surface area contributed by atoms with E-state index in [1.54, 1.807) is 19.9 Å². The fraction of sp³-hybridized carbons (Fsp3) is 0.440. The molecule has 2 aromatic rings. The Morgan fingerprint density at radius 3 is 2.41 bits per heavy atom. The van der Waals surface area contributed by atoms with Gasteiger partial charge in [0, 0.05) is 30.8 Å². The quantitative estimate of drug-likeness (QED) is 0.669. The van der Waals surface area contributed by atoms with Crippen molar-refractivity contribution in [2.75, 3.05) is 23.7 Å². The summed E-state index contributed by atoms with van der Waals surface area (Å²) < 4.78 is 33.8. The van der Waals surface area contributed by atoms with Crippen LogP contribution < -0.4 is 15.4 Å². The molecule has 2 N–H and O–H groups in total. The molecule has 0 aromatic heterocycles. The van der Waals surface area contributed by atoms with Crippen LogP contribution in [0.2, 0.25) is 0 Å². The molecule has 0 bridgehead atoms. The van der Waals surface area contributed by atoms with Gasteiger partial charge in [0.05, 0.1) is 10.6 Å². The summed E-state index contributed by atoms with van der Waals surface area (Å²) in [6, 6.07) is 10.9. The lowest BCUT2D eigenvalue weighted by Crippen LogP contribution is -2.41. The number of benzene rings is 2. The number of hydrogen-bond donors (Lipinski definition) is 2. The van der Waals surface area contributed by atoms with Crippen LogP contribution in [0.1, 0.15) is 50.7 Å². The second-order valence-electron chi connectivity index (χ2n) is 9.31. The molecule has 1 unspecified atom stereocenters. The molecule has 2 aromatic carbocycles. The minimum Gasteiger partial charge on any atom is -0.479 e. The molecule has 9 heteroatoms. The van der Waals surface area contributed by atoms with Crippen molar-refractivity contribution in [3.05, 3.63) is 47.5 Å². The Morgan fingerprint density at radius 2 is 1.79 bits per heavy atom. The topological polar surface area (TPSA) is 105 Å². The van der Waals surface area contributed by atoms with Crippen molar-refractivity contribution in [3.8, 4) is 5.75 Å². The van der Waals surface area contributed by atoms with E-state index in [0.29, 0.717) is 35.8 Å². The second kappa shape index (κ2) is 9.38. The normalized spacial score (nSPS) is 19.3. The highest BCUT2D eigenvalue weighted by molar-refractivity contribution is 7.89. The Kier molecular flexibility index (Phi) is 6.69. The molecule has 8 nitrogen and oxygen atoms in total. The highest BCUT2D eigenvalue weighted by atomic mass is 32.2. The molecule has 1 atom stereocenters. The van der Waals surface area contributed by atoms with Crippen molar-refractivity contribution in [1.29, 1.82) is 0 Å². The van der Waals surface area contributed by atoms with Gasteiger partial charge >= 0.3 is 0 Å². The number of hydrogen-bond acceptors (Lipinski definition) is 5. The molecule has 0 aliphatic carbocycles.